The van der Waals surface area contributed by atoms with E-state index in [1.54, 1.807) is 0 Å². The summed E-state index contributed by atoms with van der Waals surface area (Å²) in [5, 5.41) is 3.02. The summed E-state index contributed by atoms with van der Waals surface area (Å²) in [4.78, 5) is 12.2. The van der Waals surface area contributed by atoms with Crippen molar-refractivity contribution in [2.24, 2.45) is 5.73 Å². The molecule has 1 amide bonds. The molecule has 0 heterocycles. The number of methoxy groups -OCH3 is 1. The Morgan fingerprint density at radius 1 is 1.23 bits per heavy atom. The zero-order chi connectivity index (χ0) is 18.1. The van der Waals surface area contributed by atoms with Gasteiger partial charge >= 0.3 is 0 Å². The number of amides is 1. The first kappa shape index (κ1) is 22.5. The van der Waals surface area contributed by atoms with Gasteiger partial charge in [0.15, 0.2) is 0 Å². The van der Waals surface area contributed by atoms with Gasteiger partial charge in [-0.15, -0.1) is 12.4 Å². The zero-order valence-corrected chi connectivity index (χ0v) is 16.4. The maximum Gasteiger partial charge on any atom is 0.239 e. The average Bonchev–Trinajstić information content (AvgIpc) is 2.63. The number of halogens is 1. The van der Waals surface area contributed by atoms with Crippen LogP contribution in [0.4, 0.5) is 0 Å². The second-order valence-electron chi connectivity index (χ2n) is 6.44. The number of ether oxygens (including phenoxy) is 3. The van der Waals surface area contributed by atoms with Gasteiger partial charge in [-0.1, -0.05) is 13.3 Å². The normalized spacial score (nSPS) is 20.6. The molecule has 0 bridgehead atoms. The number of hydrogen-bond donors (Lipinski definition) is 2. The summed E-state index contributed by atoms with van der Waals surface area (Å²) >= 11 is 0. The lowest BCUT2D eigenvalue weighted by Gasteiger charge is -2.33. The van der Waals surface area contributed by atoms with Gasteiger partial charge in [0.25, 0.3) is 0 Å². The van der Waals surface area contributed by atoms with Crippen molar-refractivity contribution in [1.29, 1.82) is 0 Å². The molecule has 1 aromatic rings. The van der Waals surface area contributed by atoms with Crippen molar-refractivity contribution >= 4 is 18.3 Å². The van der Waals surface area contributed by atoms with E-state index in [9.17, 15) is 4.79 Å². The molecule has 3 atom stereocenters. The van der Waals surface area contributed by atoms with Gasteiger partial charge < -0.3 is 25.3 Å². The van der Waals surface area contributed by atoms with Crippen LogP contribution in [-0.4, -0.2) is 44.4 Å². The SMILES string of the molecule is CCCOc1ccc(OC2CCCCC2NC(=O)C(N)COC)cc1.Cl. The first-order valence-corrected chi connectivity index (χ1v) is 9.08. The number of carbonyl (C=O) groups is 1. The minimum Gasteiger partial charge on any atom is -0.494 e. The fraction of sp³-hybridized carbons (Fsp3) is 0.632. The van der Waals surface area contributed by atoms with Crippen molar-refractivity contribution in [2.75, 3.05) is 20.3 Å². The molecule has 0 aromatic heterocycles. The Balaban J connectivity index is 0.00000338. The van der Waals surface area contributed by atoms with Gasteiger partial charge in [-0.05, 0) is 49.9 Å². The van der Waals surface area contributed by atoms with Crippen LogP contribution in [0.15, 0.2) is 24.3 Å². The van der Waals surface area contributed by atoms with E-state index in [-0.39, 0.29) is 37.1 Å². The Hall–Kier alpha value is -1.50. The van der Waals surface area contributed by atoms with E-state index < -0.39 is 6.04 Å². The molecule has 6 nitrogen and oxygen atoms in total. The third-order valence-corrected chi connectivity index (χ3v) is 4.30. The molecule has 1 aliphatic rings. The van der Waals surface area contributed by atoms with Crippen LogP contribution < -0.4 is 20.5 Å². The Kier molecular flexibility index (Phi) is 10.4. The highest BCUT2D eigenvalue weighted by Gasteiger charge is 2.29. The summed E-state index contributed by atoms with van der Waals surface area (Å²) in [6.45, 7) is 3.00. The van der Waals surface area contributed by atoms with Gasteiger partial charge in [-0.25, -0.2) is 0 Å². The average molecular weight is 387 g/mol. The number of hydrogen-bond acceptors (Lipinski definition) is 5. The van der Waals surface area contributed by atoms with Gasteiger partial charge in [0.05, 0.1) is 19.3 Å². The lowest BCUT2D eigenvalue weighted by molar-refractivity contribution is -0.125. The lowest BCUT2D eigenvalue weighted by Crippen LogP contribution is -2.53. The molecule has 3 N–H and O–H groups in total. The predicted octanol–water partition coefficient (Wildman–Crippen LogP) is 2.68. The van der Waals surface area contributed by atoms with Crippen LogP contribution in [0.25, 0.3) is 0 Å². The quantitative estimate of drug-likeness (QED) is 0.681. The molecule has 7 heteroatoms. The Bertz CT molecular complexity index is 527. The molecule has 1 fully saturated rings. The summed E-state index contributed by atoms with van der Waals surface area (Å²) in [7, 11) is 1.54. The molecule has 0 spiro atoms. The van der Waals surface area contributed by atoms with E-state index in [0.29, 0.717) is 6.61 Å². The van der Waals surface area contributed by atoms with Crippen molar-refractivity contribution in [3.63, 3.8) is 0 Å². The fourth-order valence-corrected chi connectivity index (χ4v) is 2.96. The standard InChI is InChI=1S/C19H30N2O4.ClH/c1-3-12-24-14-8-10-15(11-9-14)25-18-7-5-4-6-17(18)21-19(22)16(20)13-23-2;/h8-11,16-18H,3-7,12-13,20H2,1-2H3,(H,21,22);1H. The fourth-order valence-electron chi connectivity index (χ4n) is 2.96. The van der Waals surface area contributed by atoms with Gasteiger partial charge in [0.1, 0.15) is 23.6 Å². The maximum absolute atomic E-state index is 12.2. The number of rotatable bonds is 9. The van der Waals surface area contributed by atoms with E-state index in [2.05, 4.69) is 12.2 Å². The van der Waals surface area contributed by atoms with Gasteiger partial charge in [0.2, 0.25) is 5.91 Å². The number of carbonyl (C=O) groups excluding carboxylic acids is 1. The third kappa shape index (κ3) is 7.02. The van der Waals surface area contributed by atoms with E-state index >= 15 is 0 Å². The smallest absolute Gasteiger partial charge is 0.239 e. The molecule has 0 radical (unpaired) electrons. The second-order valence-corrected chi connectivity index (χ2v) is 6.44. The molecule has 0 saturated heterocycles. The largest absolute Gasteiger partial charge is 0.494 e. The number of nitrogens with one attached hydrogen (secondary N) is 1. The van der Waals surface area contributed by atoms with E-state index in [1.165, 1.54) is 7.11 Å². The summed E-state index contributed by atoms with van der Waals surface area (Å²) in [5.74, 6) is 1.44. The van der Waals surface area contributed by atoms with Crippen LogP contribution in [0.5, 0.6) is 11.5 Å². The summed E-state index contributed by atoms with van der Waals surface area (Å²) in [5.41, 5.74) is 5.81. The first-order chi connectivity index (χ1) is 12.1. The van der Waals surface area contributed by atoms with Crippen molar-refractivity contribution in [1.82, 2.24) is 5.32 Å². The van der Waals surface area contributed by atoms with E-state index in [1.807, 2.05) is 24.3 Å². The van der Waals surface area contributed by atoms with Crippen LogP contribution in [0.3, 0.4) is 0 Å². The van der Waals surface area contributed by atoms with Crippen LogP contribution in [0.2, 0.25) is 0 Å². The minimum absolute atomic E-state index is 0. The van der Waals surface area contributed by atoms with Crippen LogP contribution in [0, 0.1) is 0 Å². The Morgan fingerprint density at radius 2 is 1.88 bits per heavy atom. The first-order valence-electron chi connectivity index (χ1n) is 9.08. The van der Waals surface area contributed by atoms with Crippen molar-refractivity contribution in [3.8, 4) is 11.5 Å². The van der Waals surface area contributed by atoms with Crippen molar-refractivity contribution in [3.05, 3.63) is 24.3 Å². The monoisotopic (exact) mass is 386 g/mol. The maximum atomic E-state index is 12.2. The number of benzene rings is 1. The van der Waals surface area contributed by atoms with Crippen molar-refractivity contribution in [2.45, 2.75) is 57.2 Å². The molecule has 1 aromatic carbocycles. The van der Waals surface area contributed by atoms with Crippen molar-refractivity contribution < 1.29 is 19.0 Å². The van der Waals surface area contributed by atoms with E-state index in [4.69, 9.17) is 19.9 Å². The second kappa shape index (κ2) is 12.0. The molecule has 148 valence electrons. The molecule has 3 unspecified atom stereocenters. The Morgan fingerprint density at radius 3 is 2.54 bits per heavy atom. The topological polar surface area (TPSA) is 82.8 Å². The Labute approximate surface area is 162 Å². The molecular weight excluding hydrogens is 356 g/mol. The highest BCUT2D eigenvalue weighted by Crippen LogP contribution is 2.25. The van der Waals surface area contributed by atoms with Gasteiger partial charge in [-0.3, -0.25) is 4.79 Å². The molecule has 1 aliphatic carbocycles. The lowest BCUT2D eigenvalue weighted by atomic mass is 9.92. The number of nitrogens with two attached hydrogens (primary N) is 1. The molecule has 1 saturated carbocycles. The van der Waals surface area contributed by atoms with Gasteiger partial charge in [-0.2, -0.15) is 0 Å². The molecule has 2 rings (SSSR count). The van der Waals surface area contributed by atoms with Crippen LogP contribution >= 0.6 is 12.4 Å². The highest BCUT2D eigenvalue weighted by molar-refractivity contribution is 5.85. The third-order valence-electron chi connectivity index (χ3n) is 4.30. The van der Waals surface area contributed by atoms with Crippen LogP contribution in [0.1, 0.15) is 39.0 Å². The summed E-state index contributed by atoms with van der Waals surface area (Å²) in [6, 6.07) is 6.97. The highest BCUT2D eigenvalue weighted by atomic mass is 35.5. The molecule has 0 aliphatic heterocycles. The zero-order valence-electron chi connectivity index (χ0n) is 15.6. The van der Waals surface area contributed by atoms with Gasteiger partial charge in [0, 0.05) is 7.11 Å². The van der Waals surface area contributed by atoms with E-state index in [0.717, 1.165) is 43.6 Å². The predicted molar refractivity (Wildman–Crippen MR) is 104 cm³/mol. The molecule has 26 heavy (non-hydrogen) atoms. The minimum atomic E-state index is -0.650. The summed E-state index contributed by atoms with van der Waals surface area (Å²) in [6.07, 6.45) is 4.92. The molecular formula is C19H31ClN2O4. The van der Waals surface area contributed by atoms with Crippen LogP contribution in [-0.2, 0) is 9.53 Å². The summed E-state index contributed by atoms with van der Waals surface area (Å²) < 4.78 is 16.7.